The predicted octanol–water partition coefficient (Wildman–Crippen LogP) is 4.72. The highest BCUT2D eigenvalue weighted by Crippen LogP contribution is 2.27. The van der Waals surface area contributed by atoms with E-state index in [0.717, 1.165) is 31.5 Å². The normalized spacial score (nSPS) is 14.0. The molecule has 0 unspecified atom stereocenters. The van der Waals surface area contributed by atoms with Gasteiger partial charge in [0.1, 0.15) is 0 Å². The summed E-state index contributed by atoms with van der Waals surface area (Å²) >= 11 is 0. The second-order valence-corrected chi connectivity index (χ2v) is 6.67. The first-order valence-electron chi connectivity index (χ1n) is 8.62. The van der Waals surface area contributed by atoms with Gasteiger partial charge >= 0.3 is 0 Å². The van der Waals surface area contributed by atoms with E-state index in [2.05, 4.69) is 56.3 Å². The third-order valence-corrected chi connectivity index (χ3v) is 4.69. The molecule has 23 heavy (non-hydrogen) atoms. The number of hydrogen-bond donors (Lipinski definition) is 0. The zero-order valence-corrected chi connectivity index (χ0v) is 14.1. The number of hydrogen-bond acceptors (Lipinski definition) is 1. The lowest BCUT2D eigenvalue weighted by Crippen LogP contribution is -2.35. The van der Waals surface area contributed by atoms with Crippen LogP contribution in [0.1, 0.15) is 49.3 Å². The third-order valence-electron chi connectivity index (χ3n) is 4.69. The largest absolute Gasteiger partial charge is 0.312 e. The summed E-state index contributed by atoms with van der Waals surface area (Å²) in [5.41, 5.74) is 5.00. The van der Waals surface area contributed by atoms with Crippen LogP contribution in [0.5, 0.6) is 0 Å². The van der Waals surface area contributed by atoms with Crippen molar-refractivity contribution in [3.05, 3.63) is 65.2 Å². The molecule has 0 aromatic heterocycles. The van der Waals surface area contributed by atoms with Crippen LogP contribution >= 0.6 is 0 Å². The topological polar surface area (TPSA) is 20.3 Å². The van der Waals surface area contributed by atoms with Crippen LogP contribution in [-0.4, -0.2) is 12.5 Å². The standard InChI is InChI=1S/C21H25NO/c1-16(2)18-12-9-17(10-13-18)11-14-21(23)22-15-5-7-19-6-3-4-8-20(19)22/h3-4,6,8-10,12-13,16H,5,7,11,14-15H2,1-2H3. The molecule has 0 fully saturated rings. The molecule has 2 heteroatoms. The van der Waals surface area contributed by atoms with Gasteiger partial charge in [0.15, 0.2) is 0 Å². The molecule has 2 aromatic carbocycles. The van der Waals surface area contributed by atoms with E-state index < -0.39 is 0 Å². The summed E-state index contributed by atoms with van der Waals surface area (Å²) < 4.78 is 0. The molecule has 1 aliphatic heterocycles. The fourth-order valence-corrected chi connectivity index (χ4v) is 3.25. The lowest BCUT2D eigenvalue weighted by atomic mass is 9.99. The van der Waals surface area contributed by atoms with Crippen LogP contribution in [-0.2, 0) is 17.6 Å². The molecule has 1 aliphatic rings. The molecule has 0 radical (unpaired) electrons. The van der Waals surface area contributed by atoms with Crippen molar-refractivity contribution in [2.45, 2.75) is 45.4 Å². The Morgan fingerprint density at radius 2 is 1.83 bits per heavy atom. The molecule has 0 aliphatic carbocycles. The Morgan fingerprint density at radius 1 is 1.09 bits per heavy atom. The smallest absolute Gasteiger partial charge is 0.227 e. The number of carbonyl (C=O) groups is 1. The van der Waals surface area contributed by atoms with Gasteiger partial charge in [-0.15, -0.1) is 0 Å². The highest BCUT2D eigenvalue weighted by Gasteiger charge is 2.21. The summed E-state index contributed by atoms with van der Waals surface area (Å²) in [6.07, 6.45) is 3.54. The first-order chi connectivity index (χ1) is 11.1. The molecule has 0 saturated heterocycles. The minimum absolute atomic E-state index is 0.241. The number of fused-ring (bicyclic) bond motifs is 1. The first-order valence-corrected chi connectivity index (χ1v) is 8.62. The average Bonchev–Trinajstić information content (AvgIpc) is 2.59. The van der Waals surface area contributed by atoms with Gasteiger partial charge in [0.2, 0.25) is 5.91 Å². The molecule has 2 nitrogen and oxygen atoms in total. The summed E-state index contributed by atoms with van der Waals surface area (Å²) in [5.74, 6) is 0.792. The van der Waals surface area contributed by atoms with Crippen molar-refractivity contribution in [3.8, 4) is 0 Å². The quantitative estimate of drug-likeness (QED) is 0.800. The van der Waals surface area contributed by atoms with Gasteiger partial charge in [-0.3, -0.25) is 4.79 Å². The van der Waals surface area contributed by atoms with E-state index in [9.17, 15) is 4.79 Å². The molecule has 0 saturated carbocycles. The SMILES string of the molecule is CC(C)c1ccc(CCC(=O)N2CCCc3ccccc32)cc1. The van der Waals surface area contributed by atoms with Gasteiger partial charge in [0.05, 0.1) is 0 Å². The van der Waals surface area contributed by atoms with Crippen LogP contribution in [0.3, 0.4) is 0 Å². The Balaban J connectivity index is 1.64. The van der Waals surface area contributed by atoms with Gasteiger partial charge in [-0.05, 0) is 47.9 Å². The molecular formula is C21H25NO. The molecule has 0 atom stereocenters. The van der Waals surface area contributed by atoms with Gasteiger partial charge in [-0.1, -0.05) is 56.3 Å². The predicted molar refractivity (Wildman–Crippen MR) is 96.0 cm³/mol. The minimum Gasteiger partial charge on any atom is -0.312 e. The van der Waals surface area contributed by atoms with E-state index in [0.29, 0.717) is 12.3 Å². The third kappa shape index (κ3) is 3.64. The van der Waals surface area contributed by atoms with Gasteiger partial charge in [-0.2, -0.15) is 0 Å². The number of amides is 1. The minimum atomic E-state index is 0.241. The number of nitrogens with zero attached hydrogens (tertiary/aromatic N) is 1. The summed E-state index contributed by atoms with van der Waals surface area (Å²) in [6.45, 7) is 5.25. The number of anilines is 1. The Hall–Kier alpha value is -2.09. The van der Waals surface area contributed by atoms with Crippen molar-refractivity contribution in [1.29, 1.82) is 0 Å². The van der Waals surface area contributed by atoms with E-state index >= 15 is 0 Å². The second kappa shape index (κ2) is 6.99. The van der Waals surface area contributed by atoms with Crippen LogP contribution in [0.4, 0.5) is 5.69 Å². The monoisotopic (exact) mass is 307 g/mol. The van der Waals surface area contributed by atoms with Crippen molar-refractivity contribution in [2.24, 2.45) is 0 Å². The zero-order valence-electron chi connectivity index (χ0n) is 14.1. The van der Waals surface area contributed by atoms with Crippen molar-refractivity contribution >= 4 is 11.6 Å². The highest BCUT2D eigenvalue weighted by atomic mass is 16.2. The summed E-state index contributed by atoms with van der Waals surface area (Å²) in [4.78, 5) is 14.6. The van der Waals surface area contributed by atoms with E-state index in [1.54, 1.807) is 0 Å². The Morgan fingerprint density at radius 3 is 2.57 bits per heavy atom. The van der Waals surface area contributed by atoms with E-state index in [4.69, 9.17) is 0 Å². The average molecular weight is 307 g/mol. The van der Waals surface area contributed by atoms with Gasteiger partial charge < -0.3 is 4.90 Å². The van der Waals surface area contributed by atoms with E-state index in [-0.39, 0.29) is 5.91 Å². The Kier molecular flexibility index (Phi) is 4.80. The highest BCUT2D eigenvalue weighted by molar-refractivity contribution is 5.94. The van der Waals surface area contributed by atoms with Crippen molar-refractivity contribution < 1.29 is 4.79 Å². The fraction of sp³-hybridized carbons (Fsp3) is 0.381. The van der Waals surface area contributed by atoms with E-state index in [1.807, 2.05) is 11.0 Å². The molecule has 0 spiro atoms. The Bertz CT molecular complexity index is 672. The molecular weight excluding hydrogens is 282 g/mol. The van der Waals surface area contributed by atoms with Crippen LogP contribution < -0.4 is 4.90 Å². The maximum absolute atomic E-state index is 12.6. The van der Waals surface area contributed by atoms with Crippen molar-refractivity contribution in [2.75, 3.05) is 11.4 Å². The Labute approximate surface area is 139 Å². The molecule has 120 valence electrons. The molecule has 0 bridgehead atoms. The zero-order chi connectivity index (χ0) is 16.2. The van der Waals surface area contributed by atoms with Crippen LogP contribution in [0.25, 0.3) is 0 Å². The first kappa shape index (κ1) is 15.8. The van der Waals surface area contributed by atoms with E-state index in [1.165, 1.54) is 16.7 Å². The van der Waals surface area contributed by atoms with Gasteiger partial charge in [0.25, 0.3) is 0 Å². The molecule has 1 heterocycles. The molecule has 1 amide bonds. The number of rotatable bonds is 4. The summed E-state index contributed by atoms with van der Waals surface area (Å²) in [5, 5.41) is 0. The van der Waals surface area contributed by atoms with Crippen LogP contribution in [0, 0.1) is 0 Å². The molecule has 3 rings (SSSR count). The second-order valence-electron chi connectivity index (χ2n) is 6.67. The summed E-state index contributed by atoms with van der Waals surface area (Å²) in [7, 11) is 0. The van der Waals surface area contributed by atoms with Gasteiger partial charge in [-0.25, -0.2) is 0 Å². The van der Waals surface area contributed by atoms with Crippen LogP contribution in [0.15, 0.2) is 48.5 Å². The fourth-order valence-electron chi connectivity index (χ4n) is 3.25. The molecule has 0 N–H and O–H groups in total. The lowest BCUT2D eigenvalue weighted by molar-refractivity contribution is -0.118. The van der Waals surface area contributed by atoms with Crippen molar-refractivity contribution in [1.82, 2.24) is 0 Å². The summed E-state index contributed by atoms with van der Waals surface area (Å²) in [6, 6.07) is 17.0. The van der Waals surface area contributed by atoms with Crippen LogP contribution in [0.2, 0.25) is 0 Å². The maximum atomic E-state index is 12.6. The van der Waals surface area contributed by atoms with Crippen molar-refractivity contribution in [3.63, 3.8) is 0 Å². The van der Waals surface area contributed by atoms with Gasteiger partial charge in [0, 0.05) is 18.7 Å². The molecule has 2 aromatic rings. The number of para-hydroxylation sites is 1. The lowest BCUT2D eigenvalue weighted by Gasteiger charge is -2.29. The maximum Gasteiger partial charge on any atom is 0.227 e. The number of carbonyl (C=O) groups excluding carboxylic acids is 1. The number of benzene rings is 2. The number of aryl methyl sites for hydroxylation is 2.